The van der Waals surface area contributed by atoms with E-state index in [4.69, 9.17) is 4.74 Å². The van der Waals surface area contributed by atoms with Crippen molar-refractivity contribution < 1.29 is 4.74 Å². The summed E-state index contributed by atoms with van der Waals surface area (Å²) >= 11 is 1.70. The average Bonchev–Trinajstić information content (AvgIpc) is 3.70. The molecule has 0 unspecified atom stereocenters. The fourth-order valence-corrected chi connectivity index (χ4v) is 5.94. The average molecular weight is 527 g/mol. The number of H-pyrrole nitrogens is 1. The molecular formula is C29H30N6O2S. The first kappa shape index (κ1) is 24.7. The molecule has 0 amide bonds. The number of nitrogens with zero attached hydrogens (tertiary/aromatic N) is 5. The number of aromatic amines is 1. The molecule has 3 aromatic heterocycles. The van der Waals surface area contributed by atoms with Crippen molar-refractivity contribution in [1.29, 1.82) is 0 Å². The van der Waals surface area contributed by atoms with Crippen LogP contribution in [0, 0.1) is 6.92 Å². The third-order valence-corrected chi connectivity index (χ3v) is 7.92. The van der Waals surface area contributed by atoms with Crippen LogP contribution in [-0.2, 0) is 24.4 Å². The van der Waals surface area contributed by atoms with Crippen LogP contribution in [0.15, 0.2) is 76.9 Å². The maximum atomic E-state index is 13.7. The zero-order chi connectivity index (χ0) is 25.9. The minimum atomic E-state index is -0.469. The van der Waals surface area contributed by atoms with E-state index in [1.54, 1.807) is 11.3 Å². The van der Waals surface area contributed by atoms with Gasteiger partial charge < -0.3 is 9.72 Å². The number of benzene rings is 2. The van der Waals surface area contributed by atoms with Crippen molar-refractivity contribution >= 4 is 22.2 Å². The van der Waals surface area contributed by atoms with Gasteiger partial charge in [-0.3, -0.25) is 9.69 Å². The monoisotopic (exact) mass is 526 g/mol. The Labute approximate surface area is 224 Å². The Kier molecular flexibility index (Phi) is 7.13. The molecule has 0 bridgehead atoms. The summed E-state index contributed by atoms with van der Waals surface area (Å²) in [5.41, 5.74) is 3.56. The molecule has 6 rings (SSSR count). The van der Waals surface area contributed by atoms with Crippen molar-refractivity contribution in [1.82, 2.24) is 30.1 Å². The predicted octanol–water partition coefficient (Wildman–Crippen LogP) is 4.86. The summed E-state index contributed by atoms with van der Waals surface area (Å²) in [4.78, 5) is 20.3. The van der Waals surface area contributed by atoms with E-state index < -0.39 is 6.04 Å². The highest BCUT2D eigenvalue weighted by Crippen LogP contribution is 2.31. The molecule has 1 aliphatic rings. The molecule has 8 nitrogen and oxygen atoms in total. The molecule has 1 aliphatic heterocycles. The Morgan fingerprint density at radius 2 is 2.03 bits per heavy atom. The van der Waals surface area contributed by atoms with Crippen molar-refractivity contribution in [2.45, 2.75) is 51.5 Å². The molecule has 0 aliphatic carbocycles. The van der Waals surface area contributed by atoms with Gasteiger partial charge in [-0.05, 0) is 70.3 Å². The highest BCUT2D eigenvalue weighted by molar-refractivity contribution is 7.09. The van der Waals surface area contributed by atoms with Gasteiger partial charge in [-0.15, -0.1) is 16.4 Å². The van der Waals surface area contributed by atoms with Crippen molar-refractivity contribution in [2.75, 3.05) is 6.61 Å². The molecule has 0 radical (unpaired) electrons. The van der Waals surface area contributed by atoms with Gasteiger partial charge in [0.2, 0.25) is 0 Å². The fraction of sp³-hybridized carbons (Fsp3) is 0.310. The lowest BCUT2D eigenvalue weighted by Crippen LogP contribution is -2.35. The summed E-state index contributed by atoms with van der Waals surface area (Å²) in [6.07, 6.45) is 2.08. The van der Waals surface area contributed by atoms with Crippen molar-refractivity contribution in [3.8, 4) is 0 Å². The lowest BCUT2D eigenvalue weighted by atomic mass is 10.0. The largest absolute Gasteiger partial charge is 0.376 e. The van der Waals surface area contributed by atoms with E-state index in [0.717, 1.165) is 41.5 Å². The Balaban J connectivity index is 1.50. The number of pyridine rings is 1. The first-order valence-corrected chi connectivity index (χ1v) is 13.8. The second-order valence-corrected chi connectivity index (χ2v) is 10.9. The van der Waals surface area contributed by atoms with E-state index in [9.17, 15) is 4.79 Å². The number of rotatable bonds is 9. The third kappa shape index (κ3) is 5.31. The minimum absolute atomic E-state index is 0.0654. The normalized spacial score (nSPS) is 16.4. The molecule has 2 aromatic carbocycles. The summed E-state index contributed by atoms with van der Waals surface area (Å²) in [6, 6.07) is 22.2. The van der Waals surface area contributed by atoms with Crippen LogP contribution in [-0.4, -0.2) is 42.8 Å². The molecule has 38 heavy (non-hydrogen) atoms. The van der Waals surface area contributed by atoms with Gasteiger partial charge >= 0.3 is 0 Å². The number of aromatic nitrogens is 5. The van der Waals surface area contributed by atoms with Gasteiger partial charge in [-0.1, -0.05) is 48.5 Å². The van der Waals surface area contributed by atoms with E-state index in [-0.39, 0.29) is 11.7 Å². The number of fused-ring (bicyclic) bond motifs is 1. The Morgan fingerprint density at radius 1 is 1.13 bits per heavy atom. The fourth-order valence-electron chi connectivity index (χ4n) is 5.21. The highest BCUT2D eigenvalue weighted by atomic mass is 32.1. The number of aryl methyl sites for hydroxylation is 1. The second kappa shape index (κ2) is 11.0. The Bertz CT molecular complexity index is 1560. The second-order valence-electron chi connectivity index (χ2n) is 9.87. The molecule has 4 heterocycles. The van der Waals surface area contributed by atoms with Gasteiger partial charge in [0.15, 0.2) is 5.82 Å². The van der Waals surface area contributed by atoms with E-state index >= 15 is 0 Å². The summed E-state index contributed by atoms with van der Waals surface area (Å²) in [5.74, 6) is 0.643. The van der Waals surface area contributed by atoms with E-state index in [1.807, 2.05) is 41.9 Å². The highest BCUT2D eigenvalue weighted by Gasteiger charge is 2.32. The minimum Gasteiger partial charge on any atom is -0.376 e. The van der Waals surface area contributed by atoms with Gasteiger partial charge in [-0.25, -0.2) is 4.68 Å². The Morgan fingerprint density at radius 3 is 2.82 bits per heavy atom. The lowest BCUT2D eigenvalue weighted by molar-refractivity contribution is 0.0904. The van der Waals surface area contributed by atoms with Crippen LogP contribution in [0.2, 0.25) is 0 Å². The predicted molar refractivity (Wildman–Crippen MR) is 148 cm³/mol. The molecule has 5 aromatic rings. The number of thiophene rings is 1. The molecule has 0 spiro atoms. The van der Waals surface area contributed by atoms with Crippen LogP contribution in [0.5, 0.6) is 0 Å². The molecule has 1 N–H and O–H groups in total. The lowest BCUT2D eigenvalue weighted by Gasteiger charge is -2.31. The molecule has 1 saturated heterocycles. The summed E-state index contributed by atoms with van der Waals surface area (Å²) in [7, 11) is 0. The molecular weight excluding hydrogens is 496 g/mol. The number of nitrogens with one attached hydrogen (secondary N) is 1. The quantitative estimate of drug-likeness (QED) is 0.295. The number of tetrazole rings is 1. The van der Waals surface area contributed by atoms with Gasteiger partial charge in [0, 0.05) is 35.7 Å². The number of ether oxygens (including phenoxy) is 1. The van der Waals surface area contributed by atoms with E-state index in [2.05, 4.69) is 67.2 Å². The van der Waals surface area contributed by atoms with Crippen LogP contribution >= 0.6 is 11.3 Å². The van der Waals surface area contributed by atoms with Crippen LogP contribution in [0.4, 0.5) is 0 Å². The molecule has 9 heteroatoms. The summed E-state index contributed by atoms with van der Waals surface area (Å²) in [5, 5.41) is 16.0. The van der Waals surface area contributed by atoms with Crippen LogP contribution in [0.1, 0.15) is 46.3 Å². The molecule has 1 fully saturated rings. The molecule has 194 valence electrons. The van der Waals surface area contributed by atoms with Crippen molar-refractivity contribution in [3.05, 3.63) is 110 Å². The van der Waals surface area contributed by atoms with Gasteiger partial charge in [-0.2, -0.15) is 0 Å². The summed E-state index contributed by atoms with van der Waals surface area (Å²) < 4.78 is 7.73. The standard InChI is InChI=1S/C29H30N6O2S/c1-20-11-12-22-16-25(29(36)30-26(22)15-20)27(28-31-32-33-35(28)18-23-9-5-13-37-23)34(19-24-10-6-14-38-24)17-21-7-3-2-4-8-21/h2-4,6-8,10-12,14-16,23,27H,5,9,13,17-19H2,1H3,(H,30,36)/t23-,27-/m0/s1. The topological polar surface area (TPSA) is 88.9 Å². The van der Waals surface area contributed by atoms with Gasteiger partial charge in [0.05, 0.1) is 12.6 Å². The smallest absolute Gasteiger partial charge is 0.253 e. The van der Waals surface area contributed by atoms with Crippen LogP contribution < -0.4 is 5.56 Å². The maximum Gasteiger partial charge on any atom is 0.253 e. The van der Waals surface area contributed by atoms with Gasteiger partial charge in [0.1, 0.15) is 6.04 Å². The SMILES string of the molecule is Cc1ccc2cc([C@@H](c3nnnn3C[C@@H]3CCCO3)N(Cc3ccccc3)Cc3cccs3)c(=O)[nH]c2c1. The summed E-state index contributed by atoms with van der Waals surface area (Å²) in [6.45, 7) is 4.61. The first-order valence-electron chi connectivity index (χ1n) is 13.0. The third-order valence-electron chi connectivity index (χ3n) is 7.06. The van der Waals surface area contributed by atoms with Crippen molar-refractivity contribution in [3.63, 3.8) is 0 Å². The van der Waals surface area contributed by atoms with E-state index in [0.29, 0.717) is 31.0 Å². The molecule has 0 saturated carbocycles. The van der Waals surface area contributed by atoms with Crippen LogP contribution in [0.3, 0.4) is 0 Å². The van der Waals surface area contributed by atoms with Crippen LogP contribution in [0.25, 0.3) is 10.9 Å². The van der Waals surface area contributed by atoms with E-state index in [1.165, 1.54) is 4.88 Å². The molecule has 2 atom stereocenters. The Hall–Kier alpha value is -3.66. The van der Waals surface area contributed by atoms with Gasteiger partial charge in [0.25, 0.3) is 5.56 Å². The van der Waals surface area contributed by atoms with Crippen molar-refractivity contribution in [2.24, 2.45) is 0 Å². The maximum absolute atomic E-state index is 13.7. The number of hydrogen-bond acceptors (Lipinski definition) is 7. The number of hydrogen-bond donors (Lipinski definition) is 1. The zero-order valence-electron chi connectivity index (χ0n) is 21.3. The first-order chi connectivity index (χ1) is 18.6. The zero-order valence-corrected chi connectivity index (χ0v) is 22.1.